The van der Waals surface area contributed by atoms with Gasteiger partial charge in [0.05, 0.1) is 29.5 Å². The molecule has 9 heteroatoms. The number of aryl methyl sites for hydroxylation is 1. The molecule has 1 aliphatic heterocycles. The fourth-order valence-corrected chi connectivity index (χ4v) is 4.40. The Morgan fingerprint density at radius 3 is 2.76 bits per heavy atom. The molecule has 1 amide bonds. The van der Waals surface area contributed by atoms with E-state index in [0.29, 0.717) is 33.3 Å². The molecule has 5 rings (SSSR count). The molecule has 1 N–H and O–H groups in total. The number of thioether (sulfide) groups is 1. The zero-order chi connectivity index (χ0) is 22.9. The number of aromatic nitrogens is 2. The first-order chi connectivity index (χ1) is 16.0. The molecule has 0 atom stereocenters. The first kappa shape index (κ1) is 21.1. The average molecular weight is 464 g/mol. The van der Waals surface area contributed by atoms with Crippen molar-refractivity contribution in [2.75, 3.05) is 17.9 Å². The van der Waals surface area contributed by atoms with E-state index in [1.165, 1.54) is 16.3 Å². The van der Waals surface area contributed by atoms with E-state index in [1.54, 1.807) is 30.5 Å². The second-order valence-corrected chi connectivity index (χ2v) is 8.61. The normalized spacial score (nSPS) is 12.3. The Kier molecular flexibility index (Phi) is 5.55. The molecular weight excluding hydrogens is 442 g/mol. The van der Waals surface area contributed by atoms with Gasteiger partial charge in [-0.25, -0.2) is 4.98 Å². The molecule has 8 nitrogen and oxygen atoms in total. The zero-order valence-electron chi connectivity index (χ0n) is 18.1. The minimum atomic E-state index is -0.243. The van der Waals surface area contributed by atoms with Crippen molar-refractivity contribution in [1.82, 2.24) is 9.55 Å². The second kappa shape index (κ2) is 8.67. The smallest absolute Gasteiger partial charge is 0.262 e. The fourth-order valence-electron chi connectivity index (χ4n) is 3.60. The predicted octanol–water partition coefficient (Wildman–Crippen LogP) is 4.11. The Bertz CT molecular complexity index is 1410. The molecule has 0 saturated heterocycles. The van der Waals surface area contributed by atoms with Crippen LogP contribution < -0.4 is 20.3 Å². The van der Waals surface area contributed by atoms with Crippen LogP contribution in [0.2, 0.25) is 0 Å². The number of rotatable bonds is 6. The van der Waals surface area contributed by atoms with Crippen molar-refractivity contribution >= 4 is 34.3 Å². The number of hydrogen-bond acceptors (Lipinski definition) is 7. The third kappa shape index (κ3) is 4.19. The van der Waals surface area contributed by atoms with Crippen molar-refractivity contribution in [1.29, 1.82) is 0 Å². The highest BCUT2D eigenvalue weighted by atomic mass is 32.2. The lowest BCUT2D eigenvalue weighted by atomic mass is 10.1. The zero-order valence-corrected chi connectivity index (χ0v) is 18.9. The monoisotopic (exact) mass is 463 g/mol. The molecule has 0 unspecified atom stereocenters. The number of fused-ring (bicyclic) bond motifs is 2. The molecule has 33 heavy (non-hydrogen) atoms. The van der Waals surface area contributed by atoms with Crippen LogP contribution in [-0.4, -0.2) is 28.0 Å². The van der Waals surface area contributed by atoms with E-state index < -0.39 is 0 Å². The molecule has 2 aromatic heterocycles. The van der Waals surface area contributed by atoms with E-state index in [1.807, 2.05) is 32.0 Å². The van der Waals surface area contributed by atoms with Gasteiger partial charge in [-0.05, 0) is 49.2 Å². The van der Waals surface area contributed by atoms with Crippen LogP contribution in [-0.2, 0) is 11.3 Å². The third-order valence-corrected chi connectivity index (χ3v) is 6.49. The maximum absolute atomic E-state index is 13.4. The van der Waals surface area contributed by atoms with E-state index in [-0.39, 0.29) is 30.6 Å². The summed E-state index contributed by atoms with van der Waals surface area (Å²) in [5.41, 5.74) is 3.13. The Morgan fingerprint density at radius 1 is 1.15 bits per heavy atom. The average Bonchev–Trinajstić information content (AvgIpc) is 3.48. The largest absolute Gasteiger partial charge is 0.467 e. The van der Waals surface area contributed by atoms with Crippen molar-refractivity contribution in [3.05, 3.63) is 76.0 Å². The minimum Gasteiger partial charge on any atom is -0.467 e. The number of nitrogens with one attached hydrogen (secondary N) is 1. The summed E-state index contributed by atoms with van der Waals surface area (Å²) in [7, 11) is 0. The highest BCUT2D eigenvalue weighted by molar-refractivity contribution is 7.99. The van der Waals surface area contributed by atoms with Crippen LogP contribution in [0.15, 0.2) is 63.1 Å². The highest BCUT2D eigenvalue weighted by Crippen LogP contribution is 2.35. The van der Waals surface area contributed by atoms with Crippen molar-refractivity contribution in [3.8, 4) is 11.5 Å². The molecule has 0 spiro atoms. The summed E-state index contributed by atoms with van der Waals surface area (Å²) in [6.07, 6.45) is 1.55. The summed E-state index contributed by atoms with van der Waals surface area (Å²) < 4.78 is 17.8. The van der Waals surface area contributed by atoms with Gasteiger partial charge in [0, 0.05) is 11.8 Å². The van der Waals surface area contributed by atoms with Gasteiger partial charge < -0.3 is 19.2 Å². The Hall–Kier alpha value is -3.72. The number of carbonyl (C=O) groups excluding carboxylic acids is 1. The predicted molar refractivity (Wildman–Crippen MR) is 125 cm³/mol. The lowest BCUT2D eigenvalue weighted by Gasteiger charge is -2.13. The van der Waals surface area contributed by atoms with Crippen LogP contribution in [0.1, 0.15) is 16.9 Å². The summed E-state index contributed by atoms with van der Waals surface area (Å²) in [4.78, 5) is 30.7. The van der Waals surface area contributed by atoms with Gasteiger partial charge in [-0.15, -0.1) is 0 Å². The lowest BCUT2D eigenvalue weighted by molar-refractivity contribution is -0.113. The van der Waals surface area contributed by atoms with Gasteiger partial charge in [-0.1, -0.05) is 23.9 Å². The number of benzene rings is 2. The van der Waals surface area contributed by atoms with Gasteiger partial charge in [0.15, 0.2) is 16.7 Å². The molecule has 1 aliphatic rings. The molecule has 0 bridgehead atoms. The maximum Gasteiger partial charge on any atom is 0.262 e. The summed E-state index contributed by atoms with van der Waals surface area (Å²) in [5, 5.41) is 3.77. The molecular formula is C24H21N3O5S. The number of anilines is 1. The van der Waals surface area contributed by atoms with Crippen molar-refractivity contribution in [3.63, 3.8) is 0 Å². The number of ether oxygens (including phenoxy) is 2. The van der Waals surface area contributed by atoms with Gasteiger partial charge in [0.25, 0.3) is 5.56 Å². The molecule has 0 aliphatic carbocycles. The quantitative estimate of drug-likeness (QED) is 0.340. The summed E-state index contributed by atoms with van der Waals surface area (Å²) >= 11 is 1.19. The van der Waals surface area contributed by atoms with Crippen molar-refractivity contribution in [2.45, 2.75) is 25.5 Å². The number of nitrogens with zero attached hydrogens (tertiary/aromatic N) is 2. The molecule has 2 aromatic carbocycles. The highest BCUT2D eigenvalue weighted by Gasteiger charge is 2.20. The van der Waals surface area contributed by atoms with Gasteiger partial charge in [-0.2, -0.15) is 0 Å². The van der Waals surface area contributed by atoms with Crippen molar-refractivity contribution < 1.29 is 18.7 Å². The third-order valence-electron chi connectivity index (χ3n) is 5.52. The molecule has 4 aromatic rings. The minimum absolute atomic E-state index is 0.0913. The van der Waals surface area contributed by atoms with Crippen LogP contribution in [0.25, 0.3) is 10.9 Å². The number of amides is 1. The van der Waals surface area contributed by atoms with Crippen LogP contribution >= 0.6 is 11.8 Å². The van der Waals surface area contributed by atoms with E-state index in [2.05, 4.69) is 10.3 Å². The number of furan rings is 1. The lowest BCUT2D eigenvalue weighted by Crippen LogP contribution is -2.24. The van der Waals surface area contributed by atoms with E-state index >= 15 is 0 Å². The first-order valence-corrected chi connectivity index (χ1v) is 11.3. The fraction of sp³-hybridized carbons (Fsp3) is 0.208. The molecule has 0 saturated carbocycles. The second-order valence-electron chi connectivity index (χ2n) is 7.67. The van der Waals surface area contributed by atoms with E-state index in [0.717, 1.165) is 16.8 Å². The number of hydrogen-bond donors (Lipinski definition) is 1. The molecule has 0 fully saturated rings. The van der Waals surface area contributed by atoms with Crippen molar-refractivity contribution in [2.24, 2.45) is 0 Å². The number of carbonyl (C=O) groups is 1. The Balaban J connectivity index is 1.46. The summed E-state index contributed by atoms with van der Waals surface area (Å²) in [6.45, 7) is 4.27. The van der Waals surface area contributed by atoms with E-state index in [4.69, 9.17) is 13.9 Å². The first-order valence-electron chi connectivity index (χ1n) is 10.3. The van der Waals surface area contributed by atoms with Gasteiger partial charge in [0.1, 0.15) is 5.76 Å². The van der Waals surface area contributed by atoms with Gasteiger partial charge >= 0.3 is 0 Å². The van der Waals surface area contributed by atoms with E-state index in [9.17, 15) is 9.59 Å². The standard InChI is InChI=1S/C24H21N3O5S/c1-14-5-3-7-18(15(14)2)25-22(28)12-33-24-26-19-10-21-20(31-13-32-21)9-17(19)23(29)27(24)11-16-6-4-8-30-16/h3-10H,11-13H2,1-2H3,(H,25,28). The Labute approximate surface area is 193 Å². The van der Waals surface area contributed by atoms with Crippen LogP contribution in [0.4, 0.5) is 5.69 Å². The molecule has 0 radical (unpaired) electrons. The summed E-state index contributed by atoms with van der Waals surface area (Å²) in [6, 6.07) is 12.7. The topological polar surface area (TPSA) is 95.6 Å². The molecule has 3 heterocycles. The summed E-state index contributed by atoms with van der Waals surface area (Å²) in [5.74, 6) is 1.58. The Morgan fingerprint density at radius 2 is 1.97 bits per heavy atom. The van der Waals surface area contributed by atoms with Crippen LogP contribution in [0.5, 0.6) is 11.5 Å². The van der Waals surface area contributed by atoms with Crippen LogP contribution in [0, 0.1) is 13.8 Å². The molecule has 168 valence electrons. The van der Waals surface area contributed by atoms with Crippen LogP contribution in [0.3, 0.4) is 0 Å². The SMILES string of the molecule is Cc1cccc(NC(=O)CSc2nc3cc4c(cc3c(=O)n2Cc2ccco2)OCO4)c1C. The van der Waals surface area contributed by atoms with Gasteiger partial charge in [-0.3, -0.25) is 14.2 Å². The van der Waals surface area contributed by atoms with Gasteiger partial charge in [0.2, 0.25) is 12.7 Å². The maximum atomic E-state index is 13.4.